The molecule has 0 saturated carbocycles. The SMILES string of the molecule is CCn1c(-c2cccnc2[C@H](C)OC)c2c3cc(ccc31)-c1csc(n1)C[C@@]1([Si]C1C(=O)N1CC(N(C)C)C1)C(=O)N1CCC[C@H](N1)C(=O)OCC(C)(C)C2. The standard InChI is InChI=1S/C41H51N7O5SSi/c1-8-47-32-14-13-25-17-28(32)29(35(47)27-11-9-15-42-34(27)24(2)52-7)18-40(3,4)23-53-38(50)30-12-10-16-48(44-30)39(51)41(19-33-43-31(25)22-54-33)36(55-41)37(49)46-20-26(21-46)45(5)6/h9,11,13-15,17,22,24,26,30,36,44H,8,10,12,16,18-21,23H2,1-7H3/t24-,30-,36?,41-/m0/s1. The number of amides is 2. The molecule has 0 aliphatic carbocycles. The number of rotatable bonds is 6. The number of pyridine rings is 1. The van der Waals surface area contributed by atoms with Gasteiger partial charge in [-0.25, -0.2) is 10.4 Å². The molecule has 3 fully saturated rings. The van der Waals surface area contributed by atoms with E-state index in [0.29, 0.717) is 51.4 Å². The summed E-state index contributed by atoms with van der Waals surface area (Å²) in [5.41, 5.74) is 9.47. The normalized spacial score (nSPS) is 24.9. The number of esters is 1. The molecule has 12 nitrogen and oxygen atoms in total. The number of likely N-dealkylation sites (tertiary alicyclic amines) is 1. The maximum Gasteiger partial charge on any atom is 0.324 e. The molecule has 4 atom stereocenters. The largest absolute Gasteiger partial charge is 0.464 e. The maximum atomic E-state index is 14.6. The number of nitrogens with one attached hydrogen (secondary N) is 1. The number of hydrogen-bond acceptors (Lipinski definition) is 10. The summed E-state index contributed by atoms with van der Waals surface area (Å²) < 4.78 is 14.3. The summed E-state index contributed by atoms with van der Waals surface area (Å²) in [5, 5.41) is 4.72. The van der Waals surface area contributed by atoms with Crippen LogP contribution in [0.1, 0.15) is 62.9 Å². The summed E-state index contributed by atoms with van der Waals surface area (Å²) in [5.74, 6) is -0.445. The van der Waals surface area contributed by atoms with Crippen LogP contribution in [-0.4, -0.2) is 116 Å². The number of fused-ring (bicyclic) bond motifs is 6. The van der Waals surface area contributed by atoms with Crippen LogP contribution in [0.15, 0.2) is 41.9 Å². The molecule has 14 heteroatoms. The van der Waals surface area contributed by atoms with Crippen LogP contribution in [0.5, 0.6) is 0 Å². The molecule has 4 aromatic rings. The van der Waals surface area contributed by atoms with Gasteiger partial charge in [-0.15, -0.1) is 11.3 Å². The first kappa shape index (κ1) is 37.9. The predicted octanol–water partition coefficient (Wildman–Crippen LogP) is 5.16. The molecule has 7 heterocycles. The molecule has 1 aromatic carbocycles. The lowest BCUT2D eigenvalue weighted by Crippen LogP contribution is -2.59. The maximum absolute atomic E-state index is 14.6. The number of carbonyl (C=O) groups excluding carboxylic acids is 3. The summed E-state index contributed by atoms with van der Waals surface area (Å²) in [7, 11) is 5.91. The van der Waals surface area contributed by atoms with Crippen molar-refractivity contribution in [3.8, 4) is 22.5 Å². The Labute approximate surface area is 329 Å². The summed E-state index contributed by atoms with van der Waals surface area (Å²) >= 11 is 1.54. The second kappa shape index (κ2) is 14.5. The van der Waals surface area contributed by atoms with Crippen LogP contribution in [0.4, 0.5) is 0 Å². The number of aromatic nitrogens is 3. The van der Waals surface area contributed by atoms with Gasteiger partial charge < -0.3 is 23.8 Å². The van der Waals surface area contributed by atoms with Crippen LogP contribution < -0.4 is 5.43 Å². The van der Waals surface area contributed by atoms with E-state index >= 15 is 0 Å². The van der Waals surface area contributed by atoms with Crippen molar-refractivity contribution in [3.05, 3.63) is 58.2 Å². The van der Waals surface area contributed by atoms with Crippen LogP contribution in [-0.2, 0) is 43.2 Å². The van der Waals surface area contributed by atoms with Crippen molar-refractivity contribution < 1.29 is 23.9 Å². The Balaban J connectivity index is 1.23. The summed E-state index contributed by atoms with van der Waals surface area (Å²) in [4.78, 5) is 56.3. The number of benzene rings is 1. The van der Waals surface area contributed by atoms with E-state index in [0.717, 1.165) is 56.2 Å². The minimum Gasteiger partial charge on any atom is -0.464 e. The molecule has 1 N–H and O–H groups in total. The van der Waals surface area contributed by atoms with Gasteiger partial charge in [-0.05, 0) is 77.0 Å². The summed E-state index contributed by atoms with van der Waals surface area (Å²) in [6.45, 7) is 11.2. The first-order valence-corrected chi connectivity index (χ1v) is 21.4. The number of thiazole rings is 1. The quantitative estimate of drug-likeness (QED) is 0.209. The number of nitrogens with zero attached hydrogens (tertiary/aromatic N) is 6. The molecule has 290 valence electrons. The molecular weight excluding hydrogens is 731 g/mol. The van der Waals surface area contributed by atoms with Gasteiger partial charge in [-0.2, -0.15) is 0 Å². The number of carbonyl (C=O) groups is 3. The second-order valence-electron chi connectivity index (χ2n) is 16.6. The highest BCUT2D eigenvalue weighted by Crippen LogP contribution is 2.61. The highest BCUT2D eigenvalue weighted by atomic mass is 32.1. The third-order valence-electron chi connectivity index (χ3n) is 11.9. The molecule has 8 rings (SSSR count). The highest BCUT2D eigenvalue weighted by Gasteiger charge is 2.67. The lowest BCUT2D eigenvalue weighted by Gasteiger charge is -2.43. The minimum absolute atomic E-state index is 0.0461. The Bertz CT molecular complexity index is 2140. The summed E-state index contributed by atoms with van der Waals surface area (Å²) in [6, 6.07) is 10.3. The Morgan fingerprint density at radius 1 is 1.20 bits per heavy atom. The number of methoxy groups -OCH3 is 1. The van der Waals surface area contributed by atoms with Gasteiger partial charge in [0.15, 0.2) is 0 Å². The van der Waals surface area contributed by atoms with Crippen molar-refractivity contribution in [3.63, 3.8) is 0 Å². The van der Waals surface area contributed by atoms with Gasteiger partial charge in [0.1, 0.15) is 6.04 Å². The zero-order valence-electron chi connectivity index (χ0n) is 32.8. The lowest BCUT2D eigenvalue weighted by molar-refractivity contribution is -0.155. The predicted molar refractivity (Wildman–Crippen MR) is 214 cm³/mol. The zero-order valence-corrected chi connectivity index (χ0v) is 34.7. The Morgan fingerprint density at radius 3 is 2.75 bits per heavy atom. The molecule has 2 radical (unpaired) electrons. The van der Waals surface area contributed by atoms with Crippen molar-refractivity contribution in [1.82, 2.24) is 34.8 Å². The van der Waals surface area contributed by atoms with Crippen molar-refractivity contribution in [2.45, 2.75) is 88.7 Å². The molecule has 4 aliphatic rings. The third kappa shape index (κ3) is 6.83. The monoisotopic (exact) mass is 781 g/mol. The first-order chi connectivity index (χ1) is 26.3. The Kier molecular flexibility index (Phi) is 10.0. The number of ether oxygens (including phenoxy) is 2. The fourth-order valence-corrected chi connectivity index (χ4v) is 11.1. The van der Waals surface area contributed by atoms with Crippen LogP contribution in [0.2, 0.25) is 10.6 Å². The fourth-order valence-electron chi connectivity index (χ4n) is 8.50. The van der Waals surface area contributed by atoms with Gasteiger partial charge in [0.2, 0.25) is 11.8 Å². The smallest absolute Gasteiger partial charge is 0.324 e. The van der Waals surface area contributed by atoms with Crippen LogP contribution in [0.3, 0.4) is 0 Å². The van der Waals surface area contributed by atoms with E-state index in [1.807, 2.05) is 38.2 Å². The van der Waals surface area contributed by atoms with Crippen LogP contribution >= 0.6 is 11.3 Å². The molecule has 1 unspecified atom stereocenters. The van der Waals surface area contributed by atoms with Crippen LogP contribution in [0, 0.1) is 5.41 Å². The van der Waals surface area contributed by atoms with Crippen molar-refractivity contribution >= 4 is 49.5 Å². The fraction of sp³-hybridized carbons (Fsp3) is 0.537. The average Bonchev–Trinajstić information content (AvgIpc) is 3.56. The van der Waals surface area contributed by atoms with Crippen molar-refractivity contribution in [2.75, 3.05) is 47.4 Å². The number of hydrogen-bond donors (Lipinski definition) is 1. The second-order valence-corrected chi connectivity index (χ2v) is 19.3. The molecule has 3 aromatic heterocycles. The van der Waals surface area contributed by atoms with Gasteiger partial charge in [-0.1, -0.05) is 19.9 Å². The molecule has 2 amide bonds. The molecule has 4 aliphatic heterocycles. The number of likely N-dealkylation sites (N-methyl/N-ethyl adjacent to an activating group) is 1. The first-order valence-electron chi connectivity index (χ1n) is 19.4. The Hall–Kier alpha value is -3.95. The topological polar surface area (TPSA) is 122 Å². The number of cyclic esters (lactones) is 1. The van der Waals surface area contributed by atoms with E-state index in [1.165, 1.54) is 0 Å². The van der Waals surface area contributed by atoms with Gasteiger partial charge in [0, 0.05) is 90.3 Å². The van der Waals surface area contributed by atoms with Crippen molar-refractivity contribution in [2.24, 2.45) is 5.41 Å². The van der Waals surface area contributed by atoms with Gasteiger partial charge in [-0.3, -0.25) is 24.4 Å². The number of aryl methyl sites for hydroxylation is 1. The third-order valence-corrected chi connectivity index (χ3v) is 14.7. The summed E-state index contributed by atoms with van der Waals surface area (Å²) in [6.07, 6.45) is 3.83. The van der Waals surface area contributed by atoms with Crippen LogP contribution in [0.25, 0.3) is 33.4 Å². The Morgan fingerprint density at radius 2 is 2.00 bits per heavy atom. The van der Waals surface area contributed by atoms with E-state index in [1.54, 1.807) is 23.5 Å². The number of hydrazine groups is 1. The molecule has 6 bridgehead atoms. The zero-order chi connectivity index (χ0) is 38.8. The van der Waals surface area contributed by atoms with E-state index in [2.05, 4.69) is 65.3 Å². The van der Waals surface area contributed by atoms with Gasteiger partial charge in [0.25, 0.3) is 0 Å². The van der Waals surface area contributed by atoms with E-state index in [-0.39, 0.29) is 40.0 Å². The van der Waals surface area contributed by atoms with E-state index in [4.69, 9.17) is 19.4 Å². The average molecular weight is 782 g/mol. The minimum atomic E-state index is -0.896. The van der Waals surface area contributed by atoms with E-state index in [9.17, 15) is 14.4 Å². The van der Waals surface area contributed by atoms with E-state index < -0.39 is 22.0 Å². The molecule has 55 heavy (non-hydrogen) atoms. The van der Waals surface area contributed by atoms with Gasteiger partial charge in [0.05, 0.1) is 49.4 Å². The van der Waals surface area contributed by atoms with Gasteiger partial charge >= 0.3 is 5.97 Å². The molecule has 1 spiro atoms. The molecule has 3 saturated heterocycles. The highest BCUT2D eigenvalue weighted by molar-refractivity contribution is 7.10. The van der Waals surface area contributed by atoms with Crippen molar-refractivity contribution in [1.29, 1.82) is 0 Å². The molecular formula is C41H51N7O5SSi. The lowest BCUT2D eigenvalue weighted by atomic mass is 9.84.